The largest absolute Gasteiger partial charge is 0.480 e. The molecule has 4 atom stereocenters. The number of rotatable bonds is 2. The lowest BCUT2D eigenvalue weighted by molar-refractivity contribution is -0.141. The van der Waals surface area contributed by atoms with Gasteiger partial charge >= 0.3 is 12.0 Å². The third-order valence-corrected chi connectivity index (χ3v) is 4.81. The average Bonchev–Trinajstić information content (AvgIpc) is 2.84. The summed E-state index contributed by atoms with van der Waals surface area (Å²) in [6, 6.07) is -0.654. The second kappa shape index (κ2) is 5.80. The van der Waals surface area contributed by atoms with E-state index >= 15 is 0 Å². The zero-order valence-corrected chi connectivity index (χ0v) is 11.8. The van der Waals surface area contributed by atoms with Crippen LogP contribution in [0.3, 0.4) is 0 Å². The molecule has 0 radical (unpaired) electrons. The van der Waals surface area contributed by atoms with Crippen LogP contribution in [0, 0.1) is 11.8 Å². The topological polar surface area (TPSA) is 69.6 Å². The molecule has 5 heteroatoms. The van der Waals surface area contributed by atoms with Crippen LogP contribution in [0.2, 0.25) is 0 Å². The van der Waals surface area contributed by atoms with Crippen LogP contribution < -0.4 is 5.32 Å². The molecule has 2 aliphatic rings. The molecule has 2 fully saturated rings. The van der Waals surface area contributed by atoms with Gasteiger partial charge < -0.3 is 15.3 Å². The number of likely N-dealkylation sites (tertiary alicyclic amines) is 1. The highest BCUT2D eigenvalue weighted by atomic mass is 16.4. The molecule has 0 aromatic carbocycles. The number of carboxylic acid groups (broad SMARTS) is 1. The van der Waals surface area contributed by atoms with Crippen LogP contribution in [-0.2, 0) is 4.79 Å². The number of hydrogen-bond acceptors (Lipinski definition) is 2. The van der Waals surface area contributed by atoms with Crippen LogP contribution in [0.1, 0.15) is 46.0 Å². The minimum Gasteiger partial charge on any atom is -0.480 e. The molecule has 1 aliphatic heterocycles. The van der Waals surface area contributed by atoms with Crippen molar-refractivity contribution in [2.24, 2.45) is 11.8 Å². The second-order valence-corrected chi connectivity index (χ2v) is 6.01. The number of carboxylic acids is 1. The maximum Gasteiger partial charge on any atom is 0.326 e. The minimum atomic E-state index is -0.891. The van der Waals surface area contributed by atoms with E-state index in [1.807, 2.05) is 0 Å². The quantitative estimate of drug-likeness (QED) is 0.805. The van der Waals surface area contributed by atoms with Gasteiger partial charge in [-0.25, -0.2) is 9.59 Å². The van der Waals surface area contributed by atoms with Gasteiger partial charge in [-0.15, -0.1) is 0 Å². The Labute approximate surface area is 114 Å². The van der Waals surface area contributed by atoms with Crippen LogP contribution in [0.15, 0.2) is 0 Å². The molecular formula is C14H24N2O3. The van der Waals surface area contributed by atoms with Crippen molar-refractivity contribution in [1.29, 1.82) is 0 Å². The van der Waals surface area contributed by atoms with E-state index < -0.39 is 12.0 Å². The maximum absolute atomic E-state index is 12.2. The standard InChI is InChI=1S/C14H24N2O3/c1-9-5-3-6-11(10(9)2)15-14(19)16-8-4-7-12(16)13(17)18/h9-12H,3-8H2,1-2H3,(H,15,19)(H,17,18). The van der Waals surface area contributed by atoms with Crippen LogP contribution >= 0.6 is 0 Å². The molecule has 2 N–H and O–H groups in total. The van der Waals surface area contributed by atoms with Crippen molar-refractivity contribution in [2.75, 3.05) is 6.54 Å². The number of amides is 2. The zero-order chi connectivity index (χ0) is 14.0. The zero-order valence-electron chi connectivity index (χ0n) is 11.8. The molecule has 0 bridgehead atoms. The Morgan fingerprint density at radius 1 is 1.16 bits per heavy atom. The smallest absolute Gasteiger partial charge is 0.326 e. The Hall–Kier alpha value is -1.26. The number of nitrogens with zero attached hydrogens (tertiary/aromatic N) is 1. The van der Waals surface area contributed by atoms with Gasteiger partial charge in [0.15, 0.2) is 0 Å². The predicted molar refractivity (Wildman–Crippen MR) is 71.9 cm³/mol. The Bertz CT molecular complexity index is 359. The van der Waals surface area contributed by atoms with E-state index in [9.17, 15) is 9.59 Å². The van der Waals surface area contributed by atoms with Gasteiger partial charge in [-0.3, -0.25) is 0 Å². The molecule has 0 aromatic heterocycles. The van der Waals surface area contributed by atoms with Crippen molar-refractivity contribution < 1.29 is 14.7 Å². The Balaban J connectivity index is 1.95. The van der Waals surface area contributed by atoms with Gasteiger partial charge in [0.25, 0.3) is 0 Å². The maximum atomic E-state index is 12.2. The van der Waals surface area contributed by atoms with Gasteiger partial charge in [0.2, 0.25) is 0 Å². The summed E-state index contributed by atoms with van der Waals surface area (Å²) in [6.45, 7) is 4.95. The first-order valence-electron chi connectivity index (χ1n) is 7.30. The van der Waals surface area contributed by atoms with Gasteiger partial charge in [0, 0.05) is 12.6 Å². The monoisotopic (exact) mass is 268 g/mol. The van der Waals surface area contributed by atoms with Crippen molar-refractivity contribution in [3.63, 3.8) is 0 Å². The lowest BCUT2D eigenvalue weighted by Gasteiger charge is -2.36. The summed E-state index contributed by atoms with van der Waals surface area (Å²) in [5.74, 6) is 0.189. The summed E-state index contributed by atoms with van der Waals surface area (Å²) in [5.41, 5.74) is 0. The molecule has 2 amide bonds. The lowest BCUT2D eigenvalue weighted by Crippen LogP contribution is -2.52. The van der Waals surface area contributed by atoms with Crippen LogP contribution in [0.5, 0.6) is 0 Å². The highest BCUT2D eigenvalue weighted by Crippen LogP contribution is 2.30. The summed E-state index contributed by atoms with van der Waals surface area (Å²) in [4.78, 5) is 24.8. The SMILES string of the molecule is CC1CCCC(NC(=O)N2CCCC2C(=O)O)C1C. The molecule has 0 spiro atoms. The fourth-order valence-electron chi connectivity index (χ4n) is 3.29. The Morgan fingerprint density at radius 2 is 1.89 bits per heavy atom. The van der Waals surface area contributed by atoms with Crippen molar-refractivity contribution >= 4 is 12.0 Å². The molecular weight excluding hydrogens is 244 g/mol. The van der Waals surface area contributed by atoms with E-state index in [0.717, 1.165) is 19.3 Å². The Kier molecular flexibility index (Phi) is 4.32. The van der Waals surface area contributed by atoms with E-state index in [4.69, 9.17) is 5.11 Å². The number of hydrogen-bond donors (Lipinski definition) is 2. The summed E-state index contributed by atoms with van der Waals surface area (Å²) in [5, 5.41) is 12.2. The first-order chi connectivity index (χ1) is 9.00. The molecule has 19 heavy (non-hydrogen) atoms. The van der Waals surface area contributed by atoms with Gasteiger partial charge in [0.05, 0.1) is 0 Å². The van der Waals surface area contributed by atoms with Crippen LogP contribution in [0.25, 0.3) is 0 Å². The molecule has 1 saturated carbocycles. The number of urea groups is 1. The molecule has 0 aromatic rings. The molecule has 4 unspecified atom stereocenters. The molecule has 5 nitrogen and oxygen atoms in total. The van der Waals surface area contributed by atoms with Gasteiger partial charge in [0.1, 0.15) is 6.04 Å². The summed E-state index contributed by atoms with van der Waals surface area (Å²) in [6.07, 6.45) is 4.71. The molecule has 1 heterocycles. The highest BCUT2D eigenvalue weighted by molar-refractivity contribution is 5.83. The summed E-state index contributed by atoms with van der Waals surface area (Å²) in [7, 11) is 0. The number of carbonyl (C=O) groups is 2. The number of aliphatic carboxylic acids is 1. The first kappa shape index (κ1) is 14.2. The van der Waals surface area contributed by atoms with Crippen molar-refractivity contribution in [2.45, 2.75) is 58.0 Å². The fourth-order valence-corrected chi connectivity index (χ4v) is 3.29. The second-order valence-electron chi connectivity index (χ2n) is 6.01. The number of nitrogens with one attached hydrogen (secondary N) is 1. The van der Waals surface area contributed by atoms with Gasteiger partial charge in [-0.1, -0.05) is 26.7 Å². The highest BCUT2D eigenvalue weighted by Gasteiger charge is 2.36. The fraction of sp³-hybridized carbons (Fsp3) is 0.857. The van der Waals surface area contributed by atoms with E-state index in [2.05, 4.69) is 19.2 Å². The minimum absolute atomic E-state index is 0.186. The van der Waals surface area contributed by atoms with E-state index in [0.29, 0.717) is 24.8 Å². The lowest BCUT2D eigenvalue weighted by atomic mass is 9.78. The summed E-state index contributed by atoms with van der Waals surface area (Å²) < 4.78 is 0. The average molecular weight is 268 g/mol. The molecule has 1 saturated heterocycles. The van der Waals surface area contributed by atoms with Crippen molar-refractivity contribution in [3.8, 4) is 0 Å². The first-order valence-corrected chi connectivity index (χ1v) is 7.30. The summed E-state index contributed by atoms with van der Waals surface area (Å²) >= 11 is 0. The van der Waals surface area contributed by atoms with Gasteiger partial charge in [-0.05, 0) is 31.1 Å². The number of carbonyl (C=O) groups excluding carboxylic acids is 1. The predicted octanol–water partition coefficient (Wildman–Crippen LogP) is 2.07. The van der Waals surface area contributed by atoms with E-state index in [1.165, 1.54) is 11.3 Å². The van der Waals surface area contributed by atoms with Crippen molar-refractivity contribution in [1.82, 2.24) is 10.2 Å². The van der Waals surface area contributed by atoms with E-state index in [-0.39, 0.29) is 12.1 Å². The third-order valence-electron chi connectivity index (χ3n) is 4.81. The van der Waals surface area contributed by atoms with Crippen LogP contribution in [0.4, 0.5) is 4.79 Å². The normalized spacial score (nSPS) is 35.2. The molecule has 2 rings (SSSR count). The van der Waals surface area contributed by atoms with Crippen LogP contribution in [-0.4, -0.2) is 40.6 Å². The van der Waals surface area contributed by atoms with Crippen molar-refractivity contribution in [3.05, 3.63) is 0 Å². The van der Waals surface area contributed by atoms with E-state index in [1.54, 1.807) is 0 Å². The van der Waals surface area contributed by atoms with Gasteiger partial charge in [-0.2, -0.15) is 0 Å². The third kappa shape index (κ3) is 3.01. The molecule has 1 aliphatic carbocycles. The Morgan fingerprint density at radius 3 is 2.58 bits per heavy atom. The molecule has 108 valence electrons.